The van der Waals surface area contributed by atoms with Gasteiger partial charge in [-0.3, -0.25) is 4.99 Å². The topological polar surface area (TPSA) is 79.8 Å². The van der Waals surface area contributed by atoms with Crippen LogP contribution < -0.4 is 15.4 Å². The number of halogens is 1. The van der Waals surface area contributed by atoms with Gasteiger partial charge in [0, 0.05) is 19.6 Å². The number of aliphatic imine (C=N–C) groups is 1. The third-order valence-electron chi connectivity index (χ3n) is 3.39. The van der Waals surface area contributed by atoms with Crippen LogP contribution in [0.5, 0.6) is 5.75 Å². The smallest absolute Gasteiger partial charge is 0.191 e. The highest BCUT2D eigenvalue weighted by molar-refractivity contribution is 14.0. The summed E-state index contributed by atoms with van der Waals surface area (Å²) in [5, 5.41) is 6.33. The normalized spacial score (nSPS) is 20.1. The standard InChI is InChI=1S/C14H21N3O3S.HI/c1-15-14(17-12-6-7-21(18,19)10-12)16-9-11-4-3-5-13(8-11)20-2;/h3-5,8,12H,6-7,9-10H2,1-2H3,(H2,15,16,17);1H. The Morgan fingerprint density at radius 1 is 1.45 bits per heavy atom. The van der Waals surface area contributed by atoms with Gasteiger partial charge >= 0.3 is 0 Å². The first-order valence-electron chi connectivity index (χ1n) is 6.83. The number of rotatable bonds is 4. The van der Waals surface area contributed by atoms with Gasteiger partial charge < -0.3 is 15.4 Å². The molecule has 0 aromatic heterocycles. The van der Waals surface area contributed by atoms with E-state index in [9.17, 15) is 8.42 Å². The van der Waals surface area contributed by atoms with E-state index >= 15 is 0 Å². The van der Waals surface area contributed by atoms with Gasteiger partial charge in [-0.15, -0.1) is 24.0 Å². The maximum Gasteiger partial charge on any atom is 0.191 e. The SMILES string of the molecule is CN=C(NCc1cccc(OC)c1)NC1CCS(=O)(=O)C1.I. The van der Waals surface area contributed by atoms with Crippen molar-refractivity contribution in [2.24, 2.45) is 4.99 Å². The zero-order valence-electron chi connectivity index (χ0n) is 12.7. The van der Waals surface area contributed by atoms with Crippen molar-refractivity contribution in [1.82, 2.24) is 10.6 Å². The largest absolute Gasteiger partial charge is 0.497 e. The molecule has 8 heteroatoms. The first-order valence-corrected chi connectivity index (χ1v) is 8.65. The van der Waals surface area contributed by atoms with Gasteiger partial charge in [0.2, 0.25) is 0 Å². The van der Waals surface area contributed by atoms with Crippen molar-refractivity contribution in [3.63, 3.8) is 0 Å². The van der Waals surface area contributed by atoms with Gasteiger partial charge in [0.1, 0.15) is 5.75 Å². The summed E-state index contributed by atoms with van der Waals surface area (Å²) in [6.45, 7) is 0.594. The first kappa shape index (κ1) is 19.0. The molecular formula is C14H22IN3O3S. The Morgan fingerprint density at radius 3 is 2.82 bits per heavy atom. The zero-order chi connectivity index (χ0) is 15.3. The predicted molar refractivity (Wildman–Crippen MR) is 98.8 cm³/mol. The Labute approximate surface area is 148 Å². The molecule has 6 nitrogen and oxygen atoms in total. The number of guanidine groups is 1. The van der Waals surface area contributed by atoms with Crippen LogP contribution in [0.3, 0.4) is 0 Å². The van der Waals surface area contributed by atoms with E-state index in [1.165, 1.54) is 0 Å². The van der Waals surface area contributed by atoms with E-state index in [1.54, 1.807) is 14.2 Å². The van der Waals surface area contributed by atoms with Crippen molar-refractivity contribution in [1.29, 1.82) is 0 Å². The highest BCUT2D eigenvalue weighted by atomic mass is 127. The fourth-order valence-corrected chi connectivity index (χ4v) is 3.94. The van der Waals surface area contributed by atoms with Gasteiger partial charge in [-0.2, -0.15) is 0 Å². The van der Waals surface area contributed by atoms with Gasteiger partial charge in [0.05, 0.1) is 18.6 Å². The van der Waals surface area contributed by atoms with Crippen LogP contribution >= 0.6 is 24.0 Å². The number of sulfone groups is 1. The second-order valence-electron chi connectivity index (χ2n) is 5.02. The summed E-state index contributed by atoms with van der Waals surface area (Å²) in [7, 11) is 0.416. The second-order valence-corrected chi connectivity index (χ2v) is 7.25. The number of benzene rings is 1. The molecule has 0 bridgehead atoms. The van der Waals surface area contributed by atoms with Gasteiger partial charge in [0.25, 0.3) is 0 Å². The summed E-state index contributed by atoms with van der Waals surface area (Å²) in [6.07, 6.45) is 0.627. The van der Waals surface area contributed by atoms with Crippen LogP contribution in [0.1, 0.15) is 12.0 Å². The summed E-state index contributed by atoms with van der Waals surface area (Å²) in [4.78, 5) is 4.13. The molecule has 1 unspecified atom stereocenters. The Morgan fingerprint density at radius 2 is 2.23 bits per heavy atom. The van der Waals surface area contributed by atoms with E-state index in [4.69, 9.17) is 4.74 Å². The Kier molecular flexibility index (Phi) is 7.40. The van der Waals surface area contributed by atoms with Crippen LogP contribution in [-0.4, -0.2) is 46.1 Å². The summed E-state index contributed by atoms with van der Waals surface area (Å²) < 4.78 is 28.1. The van der Waals surface area contributed by atoms with Gasteiger partial charge in [-0.1, -0.05) is 12.1 Å². The van der Waals surface area contributed by atoms with Crippen LogP contribution in [-0.2, 0) is 16.4 Å². The predicted octanol–water partition coefficient (Wildman–Crippen LogP) is 1.17. The third kappa shape index (κ3) is 5.64. The van der Waals surface area contributed by atoms with Crippen molar-refractivity contribution < 1.29 is 13.2 Å². The lowest BCUT2D eigenvalue weighted by molar-refractivity contribution is 0.414. The molecule has 1 saturated heterocycles. The van der Waals surface area contributed by atoms with Gasteiger partial charge in [-0.05, 0) is 24.1 Å². The molecule has 2 rings (SSSR count). The molecule has 124 valence electrons. The number of nitrogens with zero attached hydrogens (tertiary/aromatic N) is 1. The monoisotopic (exact) mass is 439 g/mol. The van der Waals surface area contributed by atoms with E-state index in [0.29, 0.717) is 18.9 Å². The van der Waals surface area contributed by atoms with Crippen molar-refractivity contribution in [3.05, 3.63) is 29.8 Å². The summed E-state index contributed by atoms with van der Waals surface area (Å²) in [6, 6.07) is 7.69. The molecule has 0 saturated carbocycles. The van der Waals surface area contributed by atoms with E-state index in [0.717, 1.165) is 11.3 Å². The fourth-order valence-electron chi connectivity index (χ4n) is 2.27. The number of nitrogens with one attached hydrogen (secondary N) is 2. The van der Waals surface area contributed by atoms with Crippen LogP contribution in [0.2, 0.25) is 0 Å². The summed E-state index contributed by atoms with van der Waals surface area (Å²) in [5.41, 5.74) is 1.07. The lowest BCUT2D eigenvalue weighted by Gasteiger charge is -2.16. The Bertz CT molecular complexity index is 620. The minimum absolute atomic E-state index is 0. The quantitative estimate of drug-likeness (QED) is 0.418. The van der Waals surface area contributed by atoms with E-state index in [1.807, 2.05) is 24.3 Å². The maximum absolute atomic E-state index is 11.4. The Hall–Kier alpha value is -1.03. The lowest BCUT2D eigenvalue weighted by atomic mass is 10.2. The van der Waals surface area contributed by atoms with Crippen LogP contribution in [0.15, 0.2) is 29.3 Å². The molecule has 1 heterocycles. The summed E-state index contributed by atoms with van der Waals surface area (Å²) >= 11 is 0. The third-order valence-corrected chi connectivity index (χ3v) is 5.16. The molecule has 1 aliphatic heterocycles. The lowest BCUT2D eigenvalue weighted by Crippen LogP contribution is -2.43. The van der Waals surface area contributed by atoms with Crippen molar-refractivity contribution >= 4 is 39.8 Å². The minimum atomic E-state index is -2.89. The number of methoxy groups -OCH3 is 1. The molecule has 0 spiro atoms. The van der Waals surface area contributed by atoms with Crippen LogP contribution in [0.25, 0.3) is 0 Å². The van der Waals surface area contributed by atoms with E-state index < -0.39 is 9.84 Å². The van der Waals surface area contributed by atoms with Crippen molar-refractivity contribution in [2.45, 2.75) is 19.0 Å². The van der Waals surface area contributed by atoms with Crippen LogP contribution in [0, 0.1) is 0 Å². The second kappa shape index (κ2) is 8.56. The average Bonchev–Trinajstić information content (AvgIpc) is 2.82. The van der Waals surface area contributed by atoms with Gasteiger partial charge in [0.15, 0.2) is 15.8 Å². The van der Waals surface area contributed by atoms with Crippen molar-refractivity contribution in [3.8, 4) is 5.75 Å². The Balaban J connectivity index is 0.00000242. The van der Waals surface area contributed by atoms with Gasteiger partial charge in [-0.25, -0.2) is 8.42 Å². The van der Waals surface area contributed by atoms with Crippen LogP contribution in [0.4, 0.5) is 0 Å². The van der Waals surface area contributed by atoms with E-state index in [-0.39, 0.29) is 41.5 Å². The highest BCUT2D eigenvalue weighted by Crippen LogP contribution is 2.13. The molecule has 1 fully saturated rings. The minimum Gasteiger partial charge on any atom is -0.497 e. The molecule has 0 amide bonds. The van der Waals surface area contributed by atoms with E-state index in [2.05, 4.69) is 15.6 Å². The number of hydrogen-bond acceptors (Lipinski definition) is 4. The molecular weight excluding hydrogens is 417 g/mol. The molecule has 1 aromatic rings. The number of ether oxygens (including phenoxy) is 1. The van der Waals surface area contributed by atoms with Crippen molar-refractivity contribution in [2.75, 3.05) is 25.7 Å². The number of hydrogen-bond donors (Lipinski definition) is 2. The molecule has 2 N–H and O–H groups in total. The summed E-state index contributed by atoms with van der Waals surface area (Å²) in [5.74, 6) is 1.84. The molecule has 22 heavy (non-hydrogen) atoms. The average molecular weight is 439 g/mol. The maximum atomic E-state index is 11.4. The zero-order valence-corrected chi connectivity index (χ0v) is 15.9. The fraction of sp³-hybridized carbons (Fsp3) is 0.500. The first-order chi connectivity index (χ1) is 10.0. The highest BCUT2D eigenvalue weighted by Gasteiger charge is 2.28. The molecule has 1 aliphatic rings. The molecule has 0 radical (unpaired) electrons. The molecule has 1 aromatic carbocycles. The molecule has 1 atom stereocenters. The molecule has 0 aliphatic carbocycles.